The van der Waals surface area contributed by atoms with Crippen molar-refractivity contribution < 1.29 is 9.53 Å². The van der Waals surface area contributed by atoms with E-state index in [9.17, 15) is 4.79 Å². The van der Waals surface area contributed by atoms with Gasteiger partial charge in [-0.05, 0) is 20.8 Å². The van der Waals surface area contributed by atoms with E-state index in [-0.39, 0.29) is 11.5 Å². The van der Waals surface area contributed by atoms with Crippen LogP contribution in [0.15, 0.2) is 11.5 Å². The van der Waals surface area contributed by atoms with Gasteiger partial charge in [0.2, 0.25) is 0 Å². The molecule has 0 unspecified atom stereocenters. The van der Waals surface area contributed by atoms with Crippen LogP contribution in [-0.4, -0.2) is 33.1 Å². The molecule has 1 rings (SSSR count). The average molecular weight is 243 g/mol. The first-order valence-corrected chi connectivity index (χ1v) is 6.06. The molecule has 0 fully saturated rings. The minimum Gasteiger partial charge on any atom is -0.465 e. The van der Waals surface area contributed by atoms with Gasteiger partial charge in [-0.3, -0.25) is 4.79 Å². The van der Waals surface area contributed by atoms with Crippen molar-refractivity contribution in [1.82, 2.24) is 14.8 Å². The molecule has 0 amide bonds. The Morgan fingerprint density at radius 2 is 2.25 bits per heavy atom. The molecular weight excluding hydrogens is 226 g/mol. The lowest BCUT2D eigenvalue weighted by Gasteiger charge is -2.20. The van der Waals surface area contributed by atoms with Crippen molar-refractivity contribution in [2.75, 3.05) is 12.4 Å². The maximum absolute atomic E-state index is 10.6. The standard InChI is InChI=1S/C10H17N3O2S/c1-8(14)15-5-6-16-9-11-7-12-13(9)10(2,3)4/h7H,5-6H2,1-4H3. The number of aromatic nitrogens is 3. The van der Waals surface area contributed by atoms with E-state index in [1.165, 1.54) is 18.7 Å². The van der Waals surface area contributed by atoms with Gasteiger partial charge in [0.05, 0.1) is 5.54 Å². The molecule has 1 heterocycles. The molecule has 90 valence electrons. The van der Waals surface area contributed by atoms with Crippen LogP contribution in [0.4, 0.5) is 0 Å². The highest BCUT2D eigenvalue weighted by Gasteiger charge is 2.18. The predicted molar refractivity (Wildman–Crippen MR) is 62.4 cm³/mol. The first-order chi connectivity index (χ1) is 7.41. The molecule has 6 heteroatoms. The Balaban J connectivity index is 2.49. The van der Waals surface area contributed by atoms with Gasteiger partial charge < -0.3 is 4.74 Å². The number of thioether (sulfide) groups is 1. The largest absolute Gasteiger partial charge is 0.465 e. The lowest BCUT2D eigenvalue weighted by Crippen LogP contribution is -2.24. The molecule has 0 aliphatic rings. The van der Waals surface area contributed by atoms with Crippen molar-refractivity contribution in [3.05, 3.63) is 6.33 Å². The first kappa shape index (κ1) is 13.0. The summed E-state index contributed by atoms with van der Waals surface area (Å²) in [4.78, 5) is 14.7. The number of carbonyl (C=O) groups is 1. The molecule has 0 bridgehead atoms. The molecule has 5 nitrogen and oxygen atoms in total. The van der Waals surface area contributed by atoms with Crippen molar-refractivity contribution in [2.24, 2.45) is 0 Å². The van der Waals surface area contributed by atoms with Crippen LogP contribution in [0.3, 0.4) is 0 Å². The molecular formula is C10H17N3O2S. The van der Waals surface area contributed by atoms with Crippen LogP contribution in [0, 0.1) is 0 Å². The summed E-state index contributed by atoms with van der Waals surface area (Å²) in [6.07, 6.45) is 1.54. The second-order valence-corrected chi connectivity index (χ2v) is 5.38. The highest BCUT2D eigenvalue weighted by atomic mass is 32.2. The summed E-state index contributed by atoms with van der Waals surface area (Å²) in [6, 6.07) is 0. The number of esters is 1. The zero-order chi connectivity index (χ0) is 12.2. The molecule has 0 N–H and O–H groups in total. The smallest absolute Gasteiger partial charge is 0.302 e. The Morgan fingerprint density at radius 3 is 2.81 bits per heavy atom. The van der Waals surface area contributed by atoms with E-state index in [2.05, 4.69) is 30.9 Å². The monoisotopic (exact) mass is 243 g/mol. The zero-order valence-electron chi connectivity index (χ0n) is 10.1. The molecule has 0 radical (unpaired) electrons. The van der Waals surface area contributed by atoms with Gasteiger partial charge >= 0.3 is 5.97 Å². The molecule has 0 atom stereocenters. The number of ether oxygens (including phenoxy) is 1. The highest BCUT2D eigenvalue weighted by molar-refractivity contribution is 7.99. The van der Waals surface area contributed by atoms with Crippen LogP contribution < -0.4 is 0 Å². The number of rotatable bonds is 4. The summed E-state index contributed by atoms with van der Waals surface area (Å²) in [7, 11) is 0. The van der Waals surface area contributed by atoms with Crippen LogP contribution in [0.1, 0.15) is 27.7 Å². The third-order valence-electron chi connectivity index (χ3n) is 1.77. The van der Waals surface area contributed by atoms with Crippen LogP contribution in [0.5, 0.6) is 0 Å². The van der Waals surface area contributed by atoms with Crippen LogP contribution in [0.25, 0.3) is 0 Å². The topological polar surface area (TPSA) is 57.0 Å². The molecule has 0 aliphatic heterocycles. The maximum atomic E-state index is 10.6. The normalized spacial score (nSPS) is 11.5. The van der Waals surface area contributed by atoms with Crippen molar-refractivity contribution in [2.45, 2.75) is 38.4 Å². The summed E-state index contributed by atoms with van der Waals surface area (Å²) in [5, 5.41) is 5.03. The van der Waals surface area contributed by atoms with Gasteiger partial charge in [0, 0.05) is 12.7 Å². The molecule has 0 spiro atoms. The van der Waals surface area contributed by atoms with Crippen molar-refractivity contribution in [3.63, 3.8) is 0 Å². The molecule has 0 aliphatic carbocycles. The second-order valence-electron chi connectivity index (χ2n) is 4.31. The quantitative estimate of drug-likeness (QED) is 0.457. The van der Waals surface area contributed by atoms with Crippen molar-refractivity contribution in [1.29, 1.82) is 0 Å². The number of hydrogen-bond acceptors (Lipinski definition) is 5. The average Bonchev–Trinajstić information content (AvgIpc) is 2.59. The number of nitrogens with zero attached hydrogens (tertiary/aromatic N) is 3. The predicted octanol–water partition coefficient (Wildman–Crippen LogP) is 1.69. The highest BCUT2D eigenvalue weighted by Crippen LogP contribution is 2.21. The Morgan fingerprint density at radius 1 is 1.56 bits per heavy atom. The third-order valence-corrected chi connectivity index (χ3v) is 2.68. The number of hydrogen-bond donors (Lipinski definition) is 0. The summed E-state index contributed by atoms with van der Waals surface area (Å²) in [5.74, 6) is 0.437. The molecule has 1 aromatic heterocycles. The fraction of sp³-hybridized carbons (Fsp3) is 0.700. The SMILES string of the molecule is CC(=O)OCCSc1ncnn1C(C)(C)C. The van der Waals surface area contributed by atoms with E-state index in [4.69, 9.17) is 4.74 Å². The van der Waals surface area contributed by atoms with E-state index >= 15 is 0 Å². The fourth-order valence-electron chi connectivity index (χ4n) is 1.11. The Bertz CT molecular complexity index is 357. The molecule has 0 aromatic carbocycles. The maximum Gasteiger partial charge on any atom is 0.302 e. The van der Waals surface area contributed by atoms with Crippen LogP contribution >= 0.6 is 11.8 Å². The number of carbonyl (C=O) groups excluding carboxylic acids is 1. The summed E-state index contributed by atoms with van der Waals surface area (Å²) >= 11 is 1.53. The van der Waals surface area contributed by atoms with E-state index in [0.717, 1.165) is 5.16 Å². The van der Waals surface area contributed by atoms with Crippen molar-refractivity contribution in [3.8, 4) is 0 Å². The Kier molecular flexibility index (Phi) is 4.35. The van der Waals surface area contributed by atoms with Crippen LogP contribution in [-0.2, 0) is 15.1 Å². The van der Waals surface area contributed by atoms with Crippen molar-refractivity contribution >= 4 is 17.7 Å². The molecule has 1 aromatic rings. The summed E-state index contributed by atoms with van der Waals surface area (Å²) in [5.41, 5.74) is -0.0831. The lowest BCUT2D eigenvalue weighted by molar-refractivity contribution is -0.140. The van der Waals surface area contributed by atoms with Gasteiger partial charge in [-0.15, -0.1) is 0 Å². The van der Waals surface area contributed by atoms with Gasteiger partial charge in [0.25, 0.3) is 0 Å². The van der Waals surface area contributed by atoms with Gasteiger partial charge in [0.15, 0.2) is 5.16 Å². The van der Waals surface area contributed by atoms with E-state index in [1.807, 2.05) is 4.68 Å². The molecule has 16 heavy (non-hydrogen) atoms. The van der Waals surface area contributed by atoms with E-state index in [0.29, 0.717) is 12.4 Å². The fourth-order valence-corrected chi connectivity index (χ4v) is 2.02. The molecule has 0 saturated carbocycles. The summed E-state index contributed by atoms with van der Waals surface area (Å²) in [6.45, 7) is 8.01. The minimum absolute atomic E-state index is 0.0831. The summed E-state index contributed by atoms with van der Waals surface area (Å²) < 4.78 is 6.71. The first-order valence-electron chi connectivity index (χ1n) is 5.08. The second kappa shape index (κ2) is 5.34. The van der Waals surface area contributed by atoms with E-state index in [1.54, 1.807) is 6.33 Å². The minimum atomic E-state index is -0.252. The van der Waals surface area contributed by atoms with Gasteiger partial charge in [-0.1, -0.05) is 11.8 Å². The molecule has 0 saturated heterocycles. The van der Waals surface area contributed by atoms with E-state index < -0.39 is 0 Å². The Hall–Kier alpha value is -1.04. The third kappa shape index (κ3) is 3.84. The van der Waals surface area contributed by atoms with Gasteiger partial charge in [-0.2, -0.15) is 5.10 Å². The Labute approximate surface area is 99.6 Å². The zero-order valence-corrected chi connectivity index (χ0v) is 10.9. The van der Waals surface area contributed by atoms with Gasteiger partial charge in [-0.25, -0.2) is 9.67 Å². The lowest BCUT2D eigenvalue weighted by atomic mass is 10.1. The van der Waals surface area contributed by atoms with Crippen LogP contribution in [0.2, 0.25) is 0 Å². The van der Waals surface area contributed by atoms with Gasteiger partial charge in [0.1, 0.15) is 12.9 Å².